The minimum Gasteiger partial charge on any atom is -0.478 e. The van der Waals surface area contributed by atoms with Crippen molar-refractivity contribution in [1.29, 1.82) is 0 Å². The van der Waals surface area contributed by atoms with Gasteiger partial charge in [-0.15, -0.1) is 0 Å². The number of carbonyl (C=O) groups excluding carboxylic acids is 2. The van der Waals surface area contributed by atoms with Crippen molar-refractivity contribution in [3.8, 4) is 0 Å². The summed E-state index contributed by atoms with van der Waals surface area (Å²) in [5, 5.41) is 11.8. The second-order valence-corrected chi connectivity index (χ2v) is 5.58. The van der Waals surface area contributed by atoms with Crippen LogP contribution in [0.15, 0.2) is 32.9 Å². The third-order valence-electron chi connectivity index (χ3n) is 2.41. The molecule has 1 aromatic rings. The molecule has 9 heteroatoms. The Morgan fingerprint density at radius 1 is 1.18 bits per heavy atom. The number of halogens is 2. The van der Waals surface area contributed by atoms with Gasteiger partial charge in [-0.05, 0) is 28.1 Å². The number of hydrogen-bond acceptors (Lipinski definition) is 6. The molecule has 22 heavy (non-hydrogen) atoms. The smallest absolute Gasteiger partial charge is 0.354 e. The zero-order valence-corrected chi connectivity index (χ0v) is 14.6. The predicted molar refractivity (Wildman–Crippen MR) is 84.5 cm³/mol. The van der Waals surface area contributed by atoms with Crippen molar-refractivity contribution in [2.75, 3.05) is 19.5 Å². The molecular weight excluding hydrogens is 426 g/mol. The van der Waals surface area contributed by atoms with Crippen molar-refractivity contribution in [2.45, 2.75) is 0 Å². The number of carboxylic acids is 1. The molecule has 0 saturated heterocycles. The van der Waals surface area contributed by atoms with Crippen molar-refractivity contribution in [3.05, 3.63) is 38.4 Å². The number of esters is 2. The summed E-state index contributed by atoms with van der Waals surface area (Å²) in [6.07, 6.45) is 0.867. The number of ether oxygens (including phenoxy) is 2. The zero-order valence-electron chi connectivity index (χ0n) is 11.5. The maximum absolute atomic E-state index is 11.7. The van der Waals surface area contributed by atoms with Crippen LogP contribution in [-0.2, 0) is 19.1 Å². The van der Waals surface area contributed by atoms with Crippen LogP contribution in [-0.4, -0.2) is 37.2 Å². The minimum atomic E-state index is -1.22. The van der Waals surface area contributed by atoms with Crippen LogP contribution < -0.4 is 5.32 Å². The monoisotopic (exact) mass is 435 g/mol. The predicted octanol–water partition coefficient (Wildman–Crippen LogP) is 2.55. The lowest BCUT2D eigenvalue weighted by Gasteiger charge is -2.14. The summed E-state index contributed by atoms with van der Waals surface area (Å²) in [5.41, 5.74) is -0.281. The highest BCUT2D eigenvalue weighted by Crippen LogP contribution is 2.32. The average Bonchev–Trinajstić information content (AvgIpc) is 2.47. The van der Waals surface area contributed by atoms with E-state index in [9.17, 15) is 19.5 Å². The molecule has 0 saturated carbocycles. The maximum atomic E-state index is 11.7. The van der Waals surface area contributed by atoms with Crippen LogP contribution >= 0.6 is 31.9 Å². The van der Waals surface area contributed by atoms with Gasteiger partial charge in [0.05, 0.1) is 31.5 Å². The Balaban J connectivity index is 3.35. The van der Waals surface area contributed by atoms with Gasteiger partial charge in [0.15, 0.2) is 0 Å². The molecule has 0 aliphatic heterocycles. The molecule has 7 nitrogen and oxygen atoms in total. The van der Waals surface area contributed by atoms with Crippen molar-refractivity contribution in [2.24, 2.45) is 0 Å². The Morgan fingerprint density at radius 2 is 1.82 bits per heavy atom. The zero-order chi connectivity index (χ0) is 16.9. The van der Waals surface area contributed by atoms with Crippen LogP contribution in [0.3, 0.4) is 0 Å². The second kappa shape index (κ2) is 7.95. The van der Waals surface area contributed by atoms with Crippen molar-refractivity contribution >= 4 is 55.5 Å². The van der Waals surface area contributed by atoms with Crippen LogP contribution in [0, 0.1) is 0 Å². The van der Waals surface area contributed by atoms with Gasteiger partial charge in [0.25, 0.3) is 0 Å². The summed E-state index contributed by atoms with van der Waals surface area (Å²) in [6.45, 7) is 0. The van der Waals surface area contributed by atoms with Gasteiger partial charge in [-0.1, -0.05) is 15.9 Å². The standard InChI is InChI=1S/C13H11Br2NO6/c1-21-10(17)5-9(13(20)22-2)16-11-7(12(18)19)3-6(14)4-8(11)15/h3-5,16H,1-2H3,(H,18,19)/b9-5+. The Kier molecular flexibility index (Phi) is 6.57. The Hall–Kier alpha value is -1.87. The van der Waals surface area contributed by atoms with Gasteiger partial charge >= 0.3 is 17.9 Å². The summed E-state index contributed by atoms with van der Waals surface area (Å²) in [6, 6.07) is 2.93. The van der Waals surface area contributed by atoms with Crippen LogP contribution in [0.5, 0.6) is 0 Å². The van der Waals surface area contributed by atoms with E-state index >= 15 is 0 Å². The third-order valence-corrected chi connectivity index (χ3v) is 3.50. The Morgan fingerprint density at radius 3 is 2.32 bits per heavy atom. The van der Waals surface area contributed by atoms with Gasteiger partial charge in [0.2, 0.25) is 0 Å². The Bertz CT molecular complexity index is 656. The molecule has 0 fully saturated rings. The average molecular weight is 437 g/mol. The van der Waals surface area contributed by atoms with Crippen LogP contribution in [0.4, 0.5) is 5.69 Å². The first-order valence-electron chi connectivity index (χ1n) is 5.67. The van der Waals surface area contributed by atoms with Gasteiger partial charge in [0, 0.05) is 8.95 Å². The lowest BCUT2D eigenvalue weighted by molar-refractivity contribution is -0.138. The molecule has 0 spiro atoms. The molecule has 0 aliphatic rings. The van der Waals surface area contributed by atoms with Crippen LogP contribution in [0.25, 0.3) is 0 Å². The molecule has 1 rings (SSSR count). The molecule has 118 valence electrons. The fourth-order valence-electron chi connectivity index (χ4n) is 1.44. The second-order valence-electron chi connectivity index (χ2n) is 3.81. The highest BCUT2D eigenvalue weighted by atomic mass is 79.9. The van der Waals surface area contributed by atoms with E-state index in [1.54, 1.807) is 6.07 Å². The largest absolute Gasteiger partial charge is 0.478 e. The number of hydrogen-bond donors (Lipinski definition) is 2. The molecule has 0 atom stereocenters. The van der Waals surface area contributed by atoms with Crippen LogP contribution in [0.2, 0.25) is 0 Å². The Labute approximate surface area is 142 Å². The molecule has 0 aliphatic carbocycles. The summed E-state index contributed by atoms with van der Waals surface area (Å²) in [5.74, 6) is -2.86. The number of nitrogens with one attached hydrogen (secondary N) is 1. The van der Waals surface area contributed by atoms with Crippen molar-refractivity contribution < 1.29 is 29.0 Å². The van der Waals surface area contributed by atoms with E-state index in [2.05, 4.69) is 46.7 Å². The van der Waals surface area contributed by atoms with Crippen molar-refractivity contribution in [1.82, 2.24) is 0 Å². The molecule has 0 radical (unpaired) electrons. The molecule has 2 N–H and O–H groups in total. The lowest BCUT2D eigenvalue weighted by atomic mass is 10.1. The topological polar surface area (TPSA) is 102 Å². The van der Waals surface area contributed by atoms with E-state index in [0.29, 0.717) is 8.95 Å². The number of aromatic carboxylic acids is 1. The number of carbonyl (C=O) groups is 3. The van der Waals surface area contributed by atoms with Gasteiger partial charge < -0.3 is 19.9 Å². The molecule has 0 heterocycles. The van der Waals surface area contributed by atoms with E-state index in [-0.39, 0.29) is 16.9 Å². The molecule has 0 unspecified atom stereocenters. The highest BCUT2D eigenvalue weighted by Gasteiger charge is 2.19. The summed E-state index contributed by atoms with van der Waals surface area (Å²) in [4.78, 5) is 34.3. The first kappa shape index (κ1) is 18.2. The molecule has 1 aromatic carbocycles. The summed E-state index contributed by atoms with van der Waals surface area (Å²) >= 11 is 6.37. The molecule has 0 amide bonds. The third kappa shape index (κ3) is 4.57. The number of carboxylic acid groups (broad SMARTS) is 1. The molecule has 0 aromatic heterocycles. The van der Waals surface area contributed by atoms with E-state index in [4.69, 9.17) is 0 Å². The van der Waals surface area contributed by atoms with Gasteiger partial charge in [0.1, 0.15) is 5.70 Å². The first-order valence-corrected chi connectivity index (χ1v) is 7.26. The number of anilines is 1. The number of benzene rings is 1. The lowest BCUT2D eigenvalue weighted by Crippen LogP contribution is -2.17. The first-order chi connectivity index (χ1) is 10.3. The van der Waals surface area contributed by atoms with Crippen molar-refractivity contribution in [3.63, 3.8) is 0 Å². The SMILES string of the molecule is COC(=O)/C=C(/Nc1c(Br)cc(Br)cc1C(=O)O)C(=O)OC. The van der Waals surface area contributed by atoms with E-state index in [1.807, 2.05) is 0 Å². The number of methoxy groups -OCH3 is 2. The van der Waals surface area contributed by atoms with Gasteiger partial charge in [-0.25, -0.2) is 14.4 Å². The summed E-state index contributed by atoms with van der Waals surface area (Å²) in [7, 11) is 2.27. The maximum Gasteiger partial charge on any atom is 0.354 e. The van der Waals surface area contributed by atoms with E-state index < -0.39 is 17.9 Å². The normalized spacial score (nSPS) is 10.8. The highest BCUT2D eigenvalue weighted by molar-refractivity contribution is 9.11. The van der Waals surface area contributed by atoms with Crippen LogP contribution in [0.1, 0.15) is 10.4 Å². The van der Waals surface area contributed by atoms with E-state index in [1.165, 1.54) is 6.07 Å². The molecule has 0 bridgehead atoms. The number of rotatable bonds is 5. The van der Waals surface area contributed by atoms with E-state index in [0.717, 1.165) is 20.3 Å². The summed E-state index contributed by atoms with van der Waals surface area (Å²) < 4.78 is 9.89. The molecular formula is C13H11Br2NO6. The van der Waals surface area contributed by atoms with Gasteiger partial charge in [-0.2, -0.15) is 0 Å². The minimum absolute atomic E-state index is 0.0938. The fraction of sp³-hybridized carbons (Fsp3) is 0.154. The van der Waals surface area contributed by atoms with Gasteiger partial charge in [-0.3, -0.25) is 0 Å². The fourth-order valence-corrected chi connectivity index (χ4v) is 2.76. The quantitative estimate of drug-likeness (QED) is 0.540.